The zero-order valence-corrected chi connectivity index (χ0v) is 19.6. The highest BCUT2D eigenvalue weighted by Crippen LogP contribution is 2.32. The van der Waals surface area contributed by atoms with Gasteiger partial charge >= 0.3 is 0 Å². The second-order valence-corrected chi connectivity index (χ2v) is 8.96. The van der Waals surface area contributed by atoms with Crippen LogP contribution in [0.1, 0.15) is 13.8 Å². The van der Waals surface area contributed by atoms with Crippen molar-refractivity contribution in [3.63, 3.8) is 0 Å². The number of oxime groups is 1. The van der Waals surface area contributed by atoms with E-state index in [0.717, 1.165) is 6.21 Å². The monoisotopic (exact) mass is 490 g/mol. The highest BCUT2D eigenvalue weighted by Gasteiger charge is 2.22. The summed E-state index contributed by atoms with van der Waals surface area (Å²) < 4.78 is 37.4. The van der Waals surface area contributed by atoms with E-state index in [2.05, 4.69) is 15.8 Å². The van der Waals surface area contributed by atoms with Crippen LogP contribution in [0.4, 0.5) is 11.4 Å². The second kappa shape index (κ2) is 11.5. The number of ether oxygens (including phenoxy) is 2. The number of carbonyl (C=O) groups excluding carboxylic acids is 2. The van der Waals surface area contributed by atoms with E-state index < -0.39 is 28.4 Å². The number of nitrogens with one attached hydrogen (secondary N) is 2. The minimum atomic E-state index is -3.65. The molecule has 2 aromatic carbocycles. The first-order valence-electron chi connectivity index (χ1n) is 10.6. The average Bonchev–Trinajstić information content (AvgIpc) is 2.82. The van der Waals surface area contributed by atoms with E-state index in [1.54, 1.807) is 38.1 Å². The highest BCUT2D eigenvalue weighted by atomic mass is 32.2. The maximum absolute atomic E-state index is 12.6. The Morgan fingerprint density at radius 3 is 2.47 bits per heavy atom. The van der Waals surface area contributed by atoms with Gasteiger partial charge < -0.3 is 24.9 Å². The zero-order valence-electron chi connectivity index (χ0n) is 18.8. The number of nitrogens with zero attached hydrogens (tertiary/aromatic N) is 2. The van der Waals surface area contributed by atoms with Crippen molar-refractivity contribution in [2.45, 2.75) is 18.7 Å². The second-order valence-electron chi connectivity index (χ2n) is 7.02. The number of hydrogen-bond acceptors (Lipinski definition) is 8. The van der Waals surface area contributed by atoms with Crippen molar-refractivity contribution in [1.82, 2.24) is 4.31 Å². The molecule has 2 amide bonds. The quantitative estimate of drug-likeness (QED) is 0.384. The molecule has 182 valence electrons. The van der Waals surface area contributed by atoms with Crippen molar-refractivity contribution in [2.24, 2.45) is 5.16 Å². The number of hydrogen-bond donors (Lipinski definition) is 2. The summed E-state index contributed by atoms with van der Waals surface area (Å²) in [7, 11) is -3.65. The third-order valence-corrected chi connectivity index (χ3v) is 6.76. The number of sulfonamides is 1. The van der Waals surface area contributed by atoms with Crippen LogP contribution >= 0.6 is 0 Å². The zero-order chi connectivity index (χ0) is 24.6. The number of benzene rings is 2. The lowest BCUT2D eigenvalue weighted by Gasteiger charge is -2.18. The summed E-state index contributed by atoms with van der Waals surface area (Å²) in [6, 6.07) is 10.9. The van der Waals surface area contributed by atoms with Crippen LogP contribution in [0.15, 0.2) is 52.5 Å². The summed E-state index contributed by atoms with van der Waals surface area (Å²) in [6.45, 7) is 4.60. The molecular weight excluding hydrogens is 464 g/mol. The summed E-state index contributed by atoms with van der Waals surface area (Å²) in [6.07, 6.45) is 0.890. The van der Waals surface area contributed by atoms with Gasteiger partial charge in [-0.1, -0.05) is 25.1 Å². The van der Waals surface area contributed by atoms with Gasteiger partial charge in [-0.05, 0) is 30.3 Å². The molecule has 0 aliphatic carbocycles. The molecule has 0 spiro atoms. The van der Waals surface area contributed by atoms with Gasteiger partial charge in [0.05, 0.1) is 4.90 Å². The molecule has 2 N–H and O–H groups in total. The fourth-order valence-corrected chi connectivity index (χ4v) is 4.63. The van der Waals surface area contributed by atoms with Crippen LogP contribution in [0.5, 0.6) is 11.5 Å². The molecule has 0 unspecified atom stereocenters. The van der Waals surface area contributed by atoms with Crippen LogP contribution in [-0.2, 0) is 24.4 Å². The van der Waals surface area contributed by atoms with Crippen LogP contribution in [-0.4, -0.2) is 63.7 Å². The molecule has 0 saturated carbocycles. The minimum absolute atomic E-state index is 0.0729. The van der Waals surface area contributed by atoms with Crippen LogP contribution in [0, 0.1) is 0 Å². The predicted molar refractivity (Wildman–Crippen MR) is 126 cm³/mol. The number of anilines is 2. The van der Waals surface area contributed by atoms with Crippen LogP contribution in [0.3, 0.4) is 0 Å². The summed E-state index contributed by atoms with van der Waals surface area (Å²) in [5, 5.41) is 8.62. The number of amides is 2. The molecule has 12 heteroatoms. The van der Waals surface area contributed by atoms with Gasteiger partial charge in [-0.15, -0.1) is 0 Å². The lowest BCUT2D eigenvalue weighted by Crippen LogP contribution is -2.30. The summed E-state index contributed by atoms with van der Waals surface area (Å²) in [4.78, 5) is 29.0. The highest BCUT2D eigenvalue weighted by molar-refractivity contribution is 7.89. The Labute approximate surface area is 197 Å². The Hall–Kier alpha value is -3.64. The molecule has 0 fully saturated rings. The van der Waals surface area contributed by atoms with Crippen molar-refractivity contribution in [1.29, 1.82) is 0 Å². The van der Waals surface area contributed by atoms with E-state index in [1.807, 2.05) is 0 Å². The molecule has 0 atom stereocenters. The summed E-state index contributed by atoms with van der Waals surface area (Å²) in [5.74, 6) is -0.000459. The maximum atomic E-state index is 12.6. The molecular formula is C22H26N4O7S. The molecule has 34 heavy (non-hydrogen) atoms. The largest absolute Gasteiger partial charge is 0.486 e. The molecule has 1 aliphatic rings. The lowest BCUT2D eigenvalue weighted by molar-refractivity contribution is -0.120. The first kappa shape index (κ1) is 25.0. The SMILES string of the molecule is CCN(CC)S(=O)(=O)c1cccc(NC(=O)CON=CC(=O)Nc2ccc3c(c2)OCCO3)c1. The molecule has 0 saturated heterocycles. The van der Waals surface area contributed by atoms with Gasteiger partial charge in [0, 0.05) is 30.5 Å². The lowest BCUT2D eigenvalue weighted by atomic mass is 10.2. The van der Waals surface area contributed by atoms with Gasteiger partial charge in [-0.25, -0.2) is 8.42 Å². The van der Waals surface area contributed by atoms with E-state index in [-0.39, 0.29) is 4.90 Å². The third kappa shape index (κ3) is 6.45. The van der Waals surface area contributed by atoms with Crippen LogP contribution < -0.4 is 20.1 Å². The number of rotatable bonds is 10. The predicted octanol–water partition coefficient (Wildman–Crippen LogP) is 2.07. The minimum Gasteiger partial charge on any atom is -0.486 e. The van der Waals surface area contributed by atoms with Crippen LogP contribution in [0.2, 0.25) is 0 Å². The van der Waals surface area contributed by atoms with Gasteiger partial charge in [-0.3, -0.25) is 9.59 Å². The van der Waals surface area contributed by atoms with Crippen molar-refractivity contribution in [2.75, 3.05) is 43.5 Å². The van der Waals surface area contributed by atoms with Crippen molar-refractivity contribution in [3.8, 4) is 11.5 Å². The average molecular weight is 491 g/mol. The summed E-state index contributed by atoms with van der Waals surface area (Å²) >= 11 is 0. The van der Waals surface area contributed by atoms with E-state index in [4.69, 9.17) is 14.3 Å². The normalized spacial score (nSPS) is 13.0. The molecule has 1 aliphatic heterocycles. The van der Waals surface area contributed by atoms with E-state index in [9.17, 15) is 18.0 Å². The number of carbonyl (C=O) groups is 2. The van der Waals surface area contributed by atoms with Crippen molar-refractivity contribution >= 4 is 39.4 Å². The molecule has 11 nitrogen and oxygen atoms in total. The van der Waals surface area contributed by atoms with E-state index >= 15 is 0 Å². The van der Waals surface area contributed by atoms with Gasteiger partial charge in [0.15, 0.2) is 18.1 Å². The topological polar surface area (TPSA) is 136 Å². The van der Waals surface area contributed by atoms with Crippen molar-refractivity contribution in [3.05, 3.63) is 42.5 Å². The Balaban J connectivity index is 1.48. The van der Waals surface area contributed by atoms with Gasteiger partial charge in [0.25, 0.3) is 11.8 Å². The van der Waals surface area contributed by atoms with Gasteiger partial charge in [0.2, 0.25) is 10.0 Å². The molecule has 0 bridgehead atoms. The molecule has 2 aromatic rings. The standard InChI is InChI=1S/C22H26N4O7S/c1-3-26(4-2)34(29,30)18-7-5-6-16(12-18)25-22(28)15-33-23-14-21(27)24-17-8-9-19-20(13-17)32-11-10-31-19/h5-9,12-14H,3-4,10-11,15H2,1-2H3,(H,24,27)(H,25,28). The van der Waals surface area contributed by atoms with Gasteiger partial charge in [0.1, 0.15) is 19.4 Å². The molecule has 1 heterocycles. The third-order valence-electron chi connectivity index (χ3n) is 4.71. The fraction of sp³-hybridized carbons (Fsp3) is 0.318. The van der Waals surface area contributed by atoms with Crippen LogP contribution in [0.25, 0.3) is 0 Å². The Morgan fingerprint density at radius 1 is 1.03 bits per heavy atom. The Kier molecular flexibility index (Phi) is 8.44. The Bertz CT molecular complexity index is 1160. The maximum Gasteiger partial charge on any atom is 0.270 e. The molecule has 0 aromatic heterocycles. The van der Waals surface area contributed by atoms with Gasteiger partial charge in [-0.2, -0.15) is 4.31 Å². The Morgan fingerprint density at radius 2 is 1.74 bits per heavy atom. The number of fused-ring (bicyclic) bond motifs is 1. The smallest absolute Gasteiger partial charge is 0.270 e. The first-order chi connectivity index (χ1) is 16.3. The first-order valence-corrected chi connectivity index (χ1v) is 12.0. The fourth-order valence-electron chi connectivity index (χ4n) is 3.12. The molecule has 0 radical (unpaired) electrons. The molecule has 3 rings (SSSR count). The summed E-state index contributed by atoms with van der Waals surface area (Å²) in [5.41, 5.74) is 0.778. The van der Waals surface area contributed by atoms with E-state index in [1.165, 1.54) is 22.5 Å². The van der Waals surface area contributed by atoms with E-state index in [0.29, 0.717) is 49.2 Å². The van der Waals surface area contributed by atoms with Crippen molar-refractivity contribution < 1.29 is 32.3 Å².